The van der Waals surface area contributed by atoms with Gasteiger partial charge in [0, 0.05) is 12.6 Å². The van der Waals surface area contributed by atoms with Crippen LogP contribution >= 0.6 is 11.6 Å². The van der Waals surface area contributed by atoms with Crippen LogP contribution in [0, 0.1) is 6.92 Å². The van der Waals surface area contributed by atoms with Gasteiger partial charge < -0.3 is 4.57 Å². The van der Waals surface area contributed by atoms with Crippen LogP contribution in [-0.2, 0) is 7.05 Å². The number of hydrogen-bond acceptors (Lipinski definition) is 1. The quantitative estimate of drug-likeness (QED) is 0.701. The summed E-state index contributed by atoms with van der Waals surface area (Å²) in [5.41, 5.74) is 2.33. The minimum Gasteiger partial charge on any atom is -0.318 e. The van der Waals surface area contributed by atoms with Crippen molar-refractivity contribution in [3.05, 3.63) is 41.2 Å². The Labute approximate surface area is 88.2 Å². The van der Waals surface area contributed by atoms with E-state index < -0.39 is 0 Å². The van der Waals surface area contributed by atoms with Crippen LogP contribution in [0.25, 0.3) is 11.4 Å². The molecule has 0 saturated heterocycles. The lowest BCUT2D eigenvalue weighted by Gasteiger charge is -2.05. The number of hydrogen-bond donors (Lipinski definition) is 0. The Morgan fingerprint density at radius 2 is 2.00 bits per heavy atom. The highest BCUT2D eigenvalue weighted by atomic mass is 35.5. The van der Waals surface area contributed by atoms with E-state index in [-0.39, 0.29) is 0 Å². The Bertz CT molecular complexity index is 460. The van der Waals surface area contributed by atoms with Crippen LogP contribution < -0.4 is 0 Å². The van der Waals surface area contributed by atoms with Crippen molar-refractivity contribution in [2.45, 2.75) is 6.92 Å². The first kappa shape index (κ1) is 9.28. The summed E-state index contributed by atoms with van der Waals surface area (Å²) in [5.74, 6) is 0.910. The topological polar surface area (TPSA) is 17.8 Å². The Morgan fingerprint density at radius 3 is 2.57 bits per heavy atom. The molecule has 1 aromatic heterocycles. The summed E-state index contributed by atoms with van der Waals surface area (Å²) in [6.07, 6.45) is 1.67. The highest BCUT2D eigenvalue weighted by Gasteiger charge is 2.08. The fraction of sp³-hybridized carbons (Fsp3) is 0.182. The highest BCUT2D eigenvalue weighted by molar-refractivity contribution is 6.29. The number of imidazole rings is 1. The molecule has 0 spiro atoms. The minimum absolute atomic E-state index is 0.656. The minimum atomic E-state index is 0.656. The first-order valence-corrected chi connectivity index (χ1v) is 4.81. The maximum atomic E-state index is 5.93. The van der Waals surface area contributed by atoms with Crippen LogP contribution in [0.3, 0.4) is 0 Å². The zero-order valence-electron chi connectivity index (χ0n) is 8.16. The van der Waals surface area contributed by atoms with Gasteiger partial charge in [-0.1, -0.05) is 35.9 Å². The van der Waals surface area contributed by atoms with Crippen LogP contribution in [0.4, 0.5) is 0 Å². The second kappa shape index (κ2) is 3.46. The molecule has 0 atom stereocenters. The van der Waals surface area contributed by atoms with Crippen molar-refractivity contribution in [1.82, 2.24) is 9.55 Å². The van der Waals surface area contributed by atoms with Crippen molar-refractivity contribution in [3.8, 4) is 11.4 Å². The fourth-order valence-electron chi connectivity index (χ4n) is 1.46. The number of aryl methyl sites for hydroxylation is 1. The molecule has 14 heavy (non-hydrogen) atoms. The van der Waals surface area contributed by atoms with Crippen LogP contribution in [0.5, 0.6) is 0 Å². The SMILES string of the molecule is Cc1ccccc1-c1ncc(Cl)n1C. The van der Waals surface area contributed by atoms with Crippen LogP contribution in [0.15, 0.2) is 30.5 Å². The van der Waals surface area contributed by atoms with Crippen molar-refractivity contribution in [2.24, 2.45) is 7.05 Å². The van der Waals surface area contributed by atoms with Gasteiger partial charge in [-0.15, -0.1) is 0 Å². The zero-order valence-corrected chi connectivity index (χ0v) is 8.92. The molecule has 2 rings (SSSR count). The van der Waals surface area contributed by atoms with E-state index in [0.717, 1.165) is 11.4 Å². The highest BCUT2D eigenvalue weighted by Crippen LogP contribution is 2.23. The summed E-state index contributed by atoms with van der Waals surface area (Å²) in [5, 5.41) is 0.656. The molecule has 72 valence electrons. The smallest absolute Gasteiger partial charge is 0.141 e. The van der Waals surface area contributed by atoms with E-state index in [1.165, 1.54) is 5.56 Å². The molecule has 0 aliphatic carbocycles. The van der Waals surface area contributed by atoms with E-state index in [0.29, 0.717) is 5.15 Å². The van der Waals surface area contributed by atoms with E-state index in [9.17, 15) is 0 Å². The molecule has 0 amide bonds. The Balaban J connectivity index is 2.60. The predicted molar refractivity (Wildman–Crippen MR) is 58.4 cm³/mol. The molecule has 0 aliphatic heterocycles. The molecular formula is C11H11ClN2. The van der Waals surface area contributed by atoms with Gasteiger partial charge >= 0.3 is 0 Å². The number of nitrogens with zero attached hydrogens (tertiary/aromatic N) is 2. The maximum absolute atomic E-state index is 5.93. The summed E-state index contributed by atoms with van der Waals surface area (Å²) in [6, 6.07) is 8.14. The normalized spacial score (nSPS) is 10.5. The number of aromatic nitrogens is 2. The number of rotatable bonds is 1. The van der Waals surface area contributed by atoms with E-state index in [4.69, 9.17) is 11.6 Å². The summed E-state index contributed by atoms with van der Waals surface area (Å²) >= 11 is 5.93. The molecule has 1 aromatic carbocycles. The van der Waals surface area contributed by atoms with Gasteiger partial charge in [0.25, 0.3) is 0 Å². The third-order valence-electron chi connectivity index (χ3n) is 2.32. The Hall–Kier alpha value is -1.28. The van der Waals surface area contributed by atoms with Gasteiger partial charge in [0.05, 0.1) is 6.20 Å². The van der Waals surface area contributed by atoms with Gasteiger partial charge in [0.15, 0.2) is 0 Å². The number of benzene rings is 1. The van der Waals surface area contributed by atoms with E-state index in [2.05, 4.69) is 18.0 Å². The van der Waals surface area contributed by atoms with Gasteiger partial charge in [-0.05, 0) is 12.5 Å². The molecule has 0 bridgehead atoms. The molecule has 0 N–H and O–H groups in total. The van der Waals surface area contributed by atoms with Gasteiger partial charge in [-0.3, -0.25) is 0 Å². The third kappa shape index (κ3) is 1.42. The largest absolute Gasteiger partial charge is 0.318 e. The van der Waals surface area contributed by atoms with Crippen LogP contribution in [0.2, 0.25) is 5.15 Å². The lowest BCUT2D eigenvalue weighted by atomic mass is 10.1. The average Bonchev–Trinajstić information content (AvgIpc) is 2.49. The van der Waals surface area contributed by atoms with E-state index in [1.807, 2.05) is 29.8 Å². The zero-order chi connectivity index (χ0) is 10.1. The molecule has 3 heteroatoms. The molecule has 2 aromatic rings. The average molecular weight is 207 g/mol. The molecule has 0 saturated carbocycles. The van der Waals surface area contributed by atoms with Crippen molar-refractivity contribution >= 4 is 11.6 Å². The first-order valence-electron chi connectivity index (χ1n) is 4.43. The van der Waals surface area contributed by atoms with Gasteiger partial charge in [-0.2, -0.15) is 0 Å². The fourth-order valence-corrected chi connectivity index (χ4v) is 1.59. The van der Waals surface area contributed by atoms with Gasteiger partial charge in [0.1, 0.15) is 11.0 Å². The van der Waals surface area contributed by atoms with E-state index in [1.54, 1.807) is 6.20 Å². The van der Waals surface area contributed by atoms with Crippen LogP contribution in [0.1, 0.15) is 5.56 Å². The lowest BCUT2D eigenvalue weighted by molar-refractivity contribution is 0.924. The summed E-state index contributed by atoms with van der Waals surface area (Å²) in [4.78, 5) is 4.28. The summed E-state index contributed by atoms with van der Waals surface area (Å²) < 4.78 is 1.88. The molecular weight excluding hydrogens is 196 g/mol. The summed E-state index contributed by atoms with van der Waals surface area (Å²) in [7, 11) is 1.91. The van der Waals surface area contributed by atoms with Crippen molar-refractivity contribution in [2.75, 3.05) is 0 Å². The Kier molecular flexibility index (Phi) is 2.30. The van der Waals surface area contributed by atoms with Gasteiger partial charge in [0.2, 0.25) is 0 Å². The van der Waals surface area contributed by atoms with Crippen molar-refractivity contribution in [3.63, 3.8) is 0 Å². The first-order chi connectivity index (χ1) is 6.70. The van der Waals surface area contributed by atoms with Gasteiger partial charge in [-0.25, -0.2) is 4.98 Å². The van der Waals surface area contributed by atoms with E-state index >= 15 is 0 Å². The summed E-state index contributed by atoms with van der Waals surface area (Å²) in [6.45, 7) is 2.07. The second-order valence-corrected chi connectivity index (χ2v) is 3.67. The van der Waals surface area contributed by atoms with Crippen molar-refractivity contribution < 1.29 is 0 Å². The monoisotopic (exact) mass is 206 g/mol. The maximum Gasteiger partial charge on any atom is 0.141 e. The molecule has 0 unspecified atom stereocenters. The molecule has 0 aliphatic rings. The Morgan fingerprint density at radius 1 is 1.29 bits per heavy atom. The number of halogens is 1. The second-order valence-electron chi connectivity index (χ2n) is 3.28. The molecule has 0 radical (unpaired) electrons. The molecule has 0 fully saturated rings. The van der Waals surface area contributed by atoms with Crippen LogP contribution in [-0.4, -0.2) is 9.55 Å². The lowest BCUT2D eigenvalue weighted by Crippen LogP contribution is -1.94. The molecule has 1 heterocycles. The molecule has 2 nitrogen and oxygen atoms in total. The third-order valence-corrected chi connectivity index (χ3v) is 2.67. The van der Waals surface area contributed by atoms with Crippen molar-refractivity contribution in [1.29, 1.82) is 0 Å². The standard InChI is InChI=1S/C11H11ClN2/c1-8-5-3-4-6-9(8)11-13-7-10(12)14(11)2/h3-7H,1-2H3. The predicted octanol–water partition coefficient (Wildman–Crippen LogP) is 3.05.